The van der Waals surface area contributed by atoms with Crippen molar-refractivity contribution in [3.8, 4) is 0 Å². The van der Waals surface area contributed by atoms with Gasteiger partial charge in [-0.2, -0.15) is 0 Å². The van der Waals surface area contributed by atoms with Crippen molar-refractivity contribution in [3.63, 3.8) is 0 Å². The zero-order valence-electron chi connectivity index (χ0n) is 13.0. The molecule has 1 heteroatoms. The van der Waals surface area contributed by atoms with Gasteiger partial charge in [0.2, 0.25) is 0 Å². The van der Waals surface area contributed by atoms with Gasteiger partial charge in [0.25, 0.3) is 0 Å². The first kappa shape index (κ1) is 19.5. The Kier molecular flexibility index (Phi) is 20.1. The summed E-state index contributed by atoms with van der Waals surface area (Å²) in [7, 11) is 0. The van der Waals surface area contributed by atoms with E-state index in [0.717, 1.165) is 26.1 Å². The minimum atomic E-state index is 0.924. The van der Waals surface area contributed by atoms with Gasteiger partial charge in [-0.3, -0.25) is 0 Å². The van der Waals surface area contributed by atoms with Gasteiger partial charge in [0, 0.05) is 13.2 Å². The maximum absolute atomic E-state index is 5.13. The van der Waals surface area contributed by atoms with Crippen molar-refractivity contribution in [3.05, 3.63) is 36.0 Å². The van der Waals surface area contributed by atoms with Crippen LogP contribution in [0.2, 0.25) is 0 Å². The molecule has 0 unspecified atom stereocenters. The Balaban J connectivity index is 0. The number of ether oxygens (including phenoxy) is 1. The van der Waals surface area contributed by atoms with Gasteiger partial charge in [-0.25, -0.2) is 0 Å². The van der Waals surface area contributed by atoms with E-state index in [1.807, 2.05) is 26.0 Å². The fourth-order valence-electron chi connectivity index (χ4n) is 1.11. The molecule has 0 aromatic heterocycles. The predicted molar refractivity (Wildman–Crippen MR) is 84.0 cm³/mol. The average molecular weight is 252 g/mol. The molecular formula is C17H32O. The highest BCUT2D eigenvalue weighted by atomic mass is 16.5. The Hall–Kier alpha value is -0.820. The molecule has 1 nitrogen and oxygen atoms in total. The molecule has 0 saturated heterocycles. The molecule has 18 heavy (non-hydrogen) atoms. The van der Waals surface area contributed by atoms with Crippen LogP contribution >= 0.6 is 0 Å². The topological polar surface area (TPSA) is 9.23 Å². The van der Waals surface area contributed by atoms with Crippen molar-refractivity contribution < 1.29 is 4.74 Å². The fraction of sp³-hybridized carbons (Fsp3) is 0.647. The zero-order chi connectivity index (χ0) is 14.1. The second-order valence-electron chi connectivity index (χ2n) is 4.26. The highest BCUT2D eigenvalue weighted by Crippen LogP contribution is 2.08. The number of hydrogen-bond acceptors (Lipinski definition) is 1. The maximum atomic E-state index is 5.13. The van der Waals surface area contributed by atoms with Gasteiger partial charge in [0.15, 0.2) is 0 Å². The molecule has 0 aromatic carbocycles. The normalized spacial score (nSPS) is 13.3. The third-order valence-electron chi connectivity index (χ3n) is 2.25. The van der Waals surface area contributed by atoms with E-state index in [-0.39, 0.29) is 0 Å². The highest BCUT2D eigenvalue weighted by Gasteiger charge is 1.88. The summed E-state index contributed by atoms with van der Waals surface area (Å²) in [5.41, 5.74) is 1.50. The van der Waals surface area contributed by atoms with Crippen LogP contribution in [-0.4, -0.2) is 13.2 Å². The Morgan fingerprint density at radius 1 is 1.11 bits per heavy atom. The van der Waals surface area contributed by atoms with E-state index in [2.05, 4.69) is 39.0 Å². The molecule has 0 fully saturated rings. The third kappa shape index (κ3) is 20.6. The number of hydrogen-bond donors (Lipinski definition) is 0. The van der Waals surface area contributed by atoms with Gasteiger partial charge < -0.3 is 4.74 Å². The summed E-state index contributed by atoms with van der Waals surface area (Å²) in [4.78, 5) is 0. The summed E-state index contributed by atoms with van der Waals surface area (Å²) in [5, 5.41) is 0. The quantitative estimate of drug-likeness (QED) is 0.461. The molecule has 106 valence electrons. The van der Waals surface area contributed by atoms with Crippen LogP contribution in [0, 0.1) is 0 Å². The Morgan fingerprint density at radius 3 is 1.89 bits per heavy atom. The summed E-state index contributed by atoms with van der Waals surface area (Å²) in [6.07, 6.45) is 15.3. The zero-order valence-corrected chi connectivity index (χ0v) is 13.0. The first-order valence-electron chi connectivity index (χ1n) is 7.20. The van der Waals surface area contributed by atoms with E-state index in [1.165, 1.54) is 18.4 Å². The molecular weight excluding hydrogens is 220 g/mol. The lowest BCUT2D eigenvalue weighted by Gasteiger charge is -1.98. The van der Waals surface area contributed by atoms with Gasteiger partial charge >= 0.3 is 0 Å². The Labute approximate surface area is 115 Å². The minimum absolute atomic E-state index is 0.924. The second kappa shape index (κ2) is 18.5. The average Bonchev–Trinajstić information content (AvgIpc) is 2.41. The van der Waals surface area contributed by atoms with Crippen molar-refractivity contribution in [2.24, 2.45) is 0 Å². The maximum Gasteiger partial charge on any atom is 0.0463 e. The molecule has 1 aliphatic rings. The summed E-state index contributed by atoms with van der Waals surface area (Å²) < 4.78 is 5.13. The number of rotatable bonds is 4. The van der Waals surface area contributed by atoms with Crippen LogP contribution in [0.1, 0.15) is 60.3 Å². The lowest BCUT2D eigenvalue weighted by molar-refractivity contribution is 0.135. The molecule has 0 radical (unpaired) electrons. The standard InChI is InChI=1S/C7H10.C6H14O.C4H8/c1-7-5-3-2-4-6-7;1-3-5-7-6-4-2;1-3-4-2/h2-3,5H,4,6H2,1H3;3-6H2,1-2H3;3-4H,1-2H3. The monoisotopic (exact) mass is 252 g/mol. The van der Waals surface area contributed by atoms with Crippen molar-refractivity contribution in [2.45, 2.75) is 60.3 Å². The Bertz CT molecular complexity index is 216. The van der Waals surface area contributed by atoms with Crippen LogP contribution in [0.4, 0.5) is 0 Å². The minimum Gasteiger partial charge on any atom is -0.381 e. The Morgan fingerprint density at radius 2 is 1.67 bits per heavy atom. The van der Waals surface area contributed by atoms with Gasteiger partial charge in [-0.15, -0.1) is 0 Å². The van der Waals surface area contributed by atoms with Crippen molar-refractivity contribution in [1.82, 2.24) is 0 Å². The van der Waals surface area contributed by atoms with Crippen LogP contribution in [-0.2, 0) is 4.74 Å². The third-order valence-corrected chi connectivity index (χ3v) is 2.25. The highest BCUT2D eigenvalue weighted by molar-refractivity contribution is 5.15. The van der Waals surface area contributed by atoms with Crippen molar-refractivity contribution in [1.29, 1.82) is 0 Å². The van der Waals surface area contributed by atoms with Crippen LogP contribution < -0.4 is 0 Å². The smallest absolute Gasteiger partial charge is 0.0463 e. The summed E-state index contributed by atoms with van der Waals surface area (Å²) in [6, 6.07) is 0. The van der Waals surface area contributed by atoms with E-state index >= 15 is 0 Å². The second-order valence-corrected chi connectivity index (χ2v) is 4.26. The molecule has 0 bridgehead atoms. The van der Waals surface area contributed by atoms with E-state index in [0.29, 0.717) is 0 Å². The molecule has 0 spiro atoms. The lowest BCUT2D eigenvalue weighted by atomic mass is 10.1. The molecule has 0 atom stereocenters. The predicted octanol–water partition coefficient (Wildman–Crippen LogP) is 5.69. The molecule has 0 amide bonds. The van der Waals surface area contributed by atoms with Crippen LogP contribution in [0.5, 0.6) is 0 Å². The molecule has 0 heterocycles. The fourth-order valence-corrected chi connectivity index (χ4v) is 1.11. The van der Waals surface area contributed by atoms with Gasteiger partial charge in [0.1, 0.15) is 0 Å². The van der Waals surface area contributed by atoms with Crippen LogP contribution in [0.15, 0.2) is 36.0 Å². The molecule has 0 N–H and O–H groups in total. The van der Waals surface area contributed by atoms with Gasteiger partial charge in [-0.1, -0.05) is 49.8 Å². The largest absolute Gasteiger partial charge is 0.381 e. The van der Waals surface area contributed by atoms with E-state index in [1.54, 1.807) is 0 Å². The van der Waals surface area contributed by atoms with Crippen molar-refractivity contribution >= 4 is 0 Å². The van der Waals surface area contributed by atoms with Crippen LogP contribution in [0.3, 0.4) is 0 Å². The van der Waals surface area contributed by atoms with Gasteiger partial charge in [-0.05, 0) is 46.5 Å². The summed E-state index contributed by atoms with van der Waals surface area (Å²) in [5.74, 6) is 0. The van der Waals surface area contributed by atoms with Crippen LogP contribution in [0.25, 0.3) is 0 Å². The molecule has 0 aromatic rings. The first-order valence-corrected chi connectivity index (χ1v) is 7.20. The van der Waals surface area contributed by atoms with E-state index in [4.69, 9.17) is 4.74 Å². The SMILES string of the molecule is CC1=CC=CCC1.CC=CC.CCCOCCC. The molecule has 0 aliphatic heterocycles. The molecule has 0 saturated carbocycles. The first-order chi connectivity index (χ1) is 8.72. The lowest BCUT2D eigenvalue weighted by Crippen LogP contribution is -1.92. The van der Waals surface area contributed by atoms with E-state index < -0.39 is 0 Å². The number of allylic oxidation sites excluding steroid dienone is 6. The van der Waals surface area contributed by atoms with E-state index in [9.17, 15) is 0 Å². The van der Waals surface area contributed by atoms with Gasteiger partial charge in [0.05, 0.1) is 0 Å². The van der Waals surface area contributed by atoms with Crippen molar-refractivity contribution in [2.75, 3.05) is 13.2 Å². The summed E-state index contributed by atoms with van der Waals surface area (Å²) >= 11 is 0. The summed E-state index contributed by atoms with van der Waals surface area (Å²) in [6.45, 7) is 12.3. The molecule has 1 rings (SSSR count). The molecule has 1 aliphatic carbocycles.